The van der Waals surface area contributed by atoms with E-state index in [0.29, 0.717) is 0 Å². The first-order valence-electron chi connectivity index (χ1n) is 1.84. The highest BCUT2D eigenvalue weighted by atomic mass is 33.1. The van der Waals surface area contributed by atoms with Crippen LogP contribution in [0, 0.1) is 0 Å². The van der Waals surface area contributed by atoms with Gasteiger partial charge in [-0.3, -0.25) is 0 Å². The third-order valence-corrected chi connectivity index (χ3v) is 2.20. The quantitative estimate of drug-likeness (QED) is 0.431. The van der Waals surface area contributed by atoms with Crippen molar-refractivity contribution in [2.75, 3.05) is 0 Å². The van der Waals surface area contributed by atoms with Crippen molar-refractivity contribution in [3.8, 4) is 0 Å². The summed E-state index contributed by atoms with van der Waals surface area (Å²) in [5.74, 6) is 0. The SMILES string of the molecule is C=CC1=CSSN1. The van der Waals surface area contributed by atoms with Crippen molar-refractivity contribution in [3.05, 3.63) is 23.8 Å². The van der Waals surface area contributed by atoms with Gasteiger partial charge in [-0.15, -0.1) is 0 Å². The molecule has 0 aliphatic carbocycles. The fraction of sp³-hybridized carbons (Fsp3) is 0. The van der Waals surface area contributed by atoms with E-state index in [1.54, 1.807) is 27.8 Å². The highest BCUT2D eigenvalue weighted by Crippen LogP contribution is 2.28. The average molecular weight is 131 g/mol. The monoisotopic (exact) mass is 131 g/mol. The van der Waals surface area contributed by atoms with Crippen molar-refractivity contribution in [3.63, 3.8) is 0 Å². The molecule has 3 heteroatoms. The van der Waals surface area contributed by atoms with Gasteiger partial charge in [-0.05, 0) is 16.9 Å². The summed E-state index contributed by atoms with van der Waals surface area (Å²) in [6.45, 7) is 3.59. The zero-order valence-electron chi connectivity index (χ0n) is 3.68. The Balaban J connectivity index is 2.51. The molecule has 0 aromatic carbocycles. The van der Waals surface area contributed by atoms with E-state index in [1.807, 2.05) is 5.41 Å². The predicted molar refractivity (Wildman–Crippen MR) is 36.6 cm³/mol. The number of rotatable bonds is 1. The topological polar surface area (TPSA) is 12.0 Å². The summed E-state index contributed by atoms with van der Waals surface area (Å²) >= 11 is 0. The van der Waals surface area contributed by atoms with Crippen molar-refractivity contribution in [1.29, 1.82) is 0 Å². The van der Waals surface area contributed by atoms with Crippen LogP contribution < -0.4 is 4.72 Å². The molecule has 0 unspecified atom stereocenters. The molecular weight excluding hydrogens is 126 g/mol. The molecule has 0 radical (unpaired) electrons. The van der Waals surface area contributed by atoms with Gasteiger partial charge in [-0.1, -0.05) is 6.58 Å². The molecule has 1 nitrogen and oxygen atoms in total. The molecule has 0 aromatic heterocycles. The summed E-state index contributed by atoms with van der Waals surface area (Å²) in [6.07, 6.45) is 1.80. The minimum Gasteiger partial charge on any atom is -0.320 e. The van der Waals surface area contributed by atoms with Crippen LogP contribution in [0.15, 0.2) is 23.8 Å². The largest absolute Gasteiger partial charge is 0.320 e. The number of nitrogens with one attached hydrogen (secondary N) is 1. The Morgan fingerprint density at radius 1 is 1.86 bits per heavy atom. The number of hydrogen-bond donors (Lipinski definition) is 1. The van der Waals surface area contributed by atoms with Gasteiger partial charge in [0.25, 0.3) is 0 Å². The smallest absolute Gasteiger partial charge is 0.0514 e. The van der Waals surface area contributed by atoms with E-state index in [-0.39, 0.29) is 0 Å². The van der Waals surface area contributed by atoms with Crippen LogP contribution in [0.4, 0.5) is 0 Å². The Bertz CT molecular complexity index is 108. The lowest BCUT2D eigenvalue weighted by molar-refractivity contribution is 1.32. The molecule has 1 N–H and O–H groups in total. The summed E-state index contributed by atoms with van der Waals surface area (Å²) in [5.41, 5.74) is 1.11. The molecule has 1 heterocycles. The maximum absolute atomic E-state index is 3.59. The van der Waals surface area contributed by atoms with Crippen LogP contribution in [0.2, 0.25) is 0 Å². The molecule has 0 fully saturated rings. The van der Waals surface area contributed by atoms with Gasteiger partial charge in [0, 0.05) is 16.4 Å². The first-order valence-corrected chi connectivity index (χ1v) is 4.06. The van der Waals surface area contributed by atoms with E-state index < -0.39 is 0 Å². The molecule has 0 amide bonds. The van der Waals surface area contributed by atoms with Crippen LogP contribution in [-0.4, -0.2) is 0 Å². The fourth-order valence-electron chi connectivity index (χ4n) is 0.262. The third kappa shape index (κ3) is 1.17. The van der Waals surface area contributed by atoms with Crippen molar-refractivity contribution in [2.45, 2.75) is 0 Å². The van der Waals surface area contributed by atoms with Crippen LogP contribution in [0.1, 0.15) is 0 Å². The van der Waals surface area contributed by atoms with Gasteiger partial charge in [-0.25, -0.2) is 0 Å². The third-order valence-electron chi connectivity index (χ3n) is 0.603. The second-order valence-corrected chi connectivity index (χ2v) is 2.94. The summed E-state index contributed by atoms with van der Waals surface area (Å²) in [6, 6.07) is 0. The van der Waals surface area contributed by atoms with Crippen LogP contribution in [0.25, 0.3) is 0 Å². The Morgan fingerprint density at radius 2 is 2.71 bits per heavy atom. The maximum atomic E-state index is 3.59. The van der Waals surface area contributed by atoms with Crippen LogP contribution >= 0.6 is 21.8 Å². The van der Waals surface area contributed by atoms with Gasteiger partial charge in [0.15, 0.2) is 0 Å². The average Bonchev–Trinajstić information content (AvgIpc) is 2.14. The minimum absolute atomic E-state index is 1.11. The molecule has 38 valence electrons. The van der Waals surface area contributed by atoms with Crippen molar-refractivity contribution >= 4 is 21.8 Å². The van der Waals surface area contributed by atoms with E-state index >= 15 is 0 Å². The van der Waals surface area contributed by atoms with Gasteiger partial charge in [0.05, 0.1) is 5.70 Å². The molecule has 0 spiro atoms. The Kier molecular flexibility index (Phi) is 1.70. The van der Waals surface area contributed by atoms with E-state index in [4.69, 9.17) is 0 Å². The Labute approximate surface area is 50.8 Å². The van der Waals surface area contributed by atoms with E-state index in [9.17, 15) is 0 Å². The van der Waals surface area contributed by atoms with Gasteiger partial charge >= 0.3 is 0 Å². The first kappa shape index (κ1) is 5.12. The van der Waals surface area contributed by atoms with Crippen molar-refractivity contribution in [2.24, 2.45) is 0 Å². The standard InChI is InChI=1S/C4H5NS2/c1-2-4-3-6-7-5-4/h2-3,5H,1H2. The lowest BCUT2D eigenvalue weighted by Crippen LogP contribution is -1.90. The lowest BCUT2D eigenvalue weighted by Gasteiger charge is -1.87. The van der Waals surface area contributed by atoms with Gasteiger partial charge in [-0.2, -0.15) is 0 Å². The summed E-state index contributed by atoms with van der Waals surface area (Å²) in [5, 5.41) is 2.03. The van der Waals surface area contributed by atoms with E-state index in [1.165, 1.54) is 0 Å². The predicted octanol–water partition coefficient (Wildman–Crippen LogP) is 1.91. The highest BCUT2D eigenvalue weighted by Gasteiger charge is 1.96. The fourth-order valence-corrected chi connectivity index (χ4v) is 1.82. The number of allylic oxidation sites excluding steroid dienone is 1. The molecule has 0 saturated heterocycles. The normalized spacial score (nSPS) is 18.0. The van der Waals surface area contributed by atoms with Crippen LogP contribution in [0.5, 0.6) is 0 Å². The van der Waals surface area contributed by atoms with Gasteiger partial charge in [0.2, 0.25) is 0 Å². The Hall–Kier alpha value is -0.0200. The summed E-state index contributed by atoms with van der Waals surface area (Å²) in [7, 11) is 3.29. The molecule has 7 heavy (non-hydrogen) atoms. The second-order valence-electron chi connectivity index (χ2n) is 1.06. The lowest BCUT2D eigenvalue weighted by atomic mass is 10.5. The minimum atomic E-state index is 1.11. The van der Waals surface area contributed by atoms with Gasteiger partial charge in [0.1, 0.15) is 0 Å². The van der Waals surface area contributed by atoms with Crippen LogP contribution in [-0.2, 0) is 0 Å². The summed E-state index contributed by atoms with van der Waals surface area (Å²) in [4.78, 5) is 0. The van der Waals surface area contributed by atoms with Gasteiger partial charge < -0.3 is 4.72 Å². The molecule has 1 rings (SSSR count). The Morgan fingerprint density at radius 3 is 3.00 bits per heavy atom. The molecule has 0 atom stereocenters. The molecular formula is C4H5NS2. The van der Waals surface area contributed by atoms with Crippen LogP contribution in [0.3, 0.4) is 0 Å². The van der Waals surface area contributed by atoms with Crippen molar-refractivity contribution in [1.82, 2.24) is 4.72 Å². The molecule has 0 aromatic rings. The van der Waals surface area contributed by atoms with E-state index in [0.717, 1.165) is 5.70 Å². The molecule has 1 aliphatic rings. The second kappa shape index (κ2) is 2.33. The molecule has 0 bridgehead atoms. The zero-order chi connectivity index (χ0) is 5.11. The molecule has 1 aliphatic heterocycles. The van der Waals surface area contributed by atoms with Crippen molar-refractivity contribution < 1.29 is 0 Å². The molecule has 0 saturated carbocycles. The number of hydrogen-bond acceptors (Lipinski definition) is 3. The highest BCUT2D eigenvalue weighted by molar-refractivity contribution is 8.77. The maximum Gasteiger partial charge on any atom is 0.0514 e. The first-order chi connectivity index (χ1) is 3.43. The summed E-state index contributed by atoms with van der Waals surface area (Å²) < 4.78 is 3.03. The zero-order valence-corrected chi connectivity index (χ0v) is 5.31. The van der Waals surface area contributed by atoms with E-state index in [2.05, 4.69) is 11.3 Å².